The molecule has 0 spiro atoms. The molecule has 0 aliphatic carbocycles. The van der Waals surface area contributed by atoms with E-state index in [1.54, 1.807) is 17.4 Å². The molecule has 5 heteroatoms. The van der Waals surface area contributed by atoms with Crippen molar-refractivity contribution in [2.45, 2.75) is 26.4 Å². The Kier molecular flexibility index (Phi) is 4.62. The van der Waals surface area contributed by atoms with Crippen LogP contribution in [-0.4, -0.2) is 4.98 Å². The number of aromatic nitrogens is 1. The van der Waals surface area contributed by atoms with E-state index in [0.29, 0.717) is 10.0 Å². The molecule has 1 unspecified atom stereocenters. The lowest BCUT2D eigenvalue weighted by molar-refractivity contribution is 0.578. The van der Waals surface area contributed by atoms with Crippen LogP contribution in [0.5, 0.6) is 0 Å². The zero-order valence-corrected chi connectivity index (χ0v) is 12.5. The molecule has 0 saturated carbocycles. The van der Waals surface area contributed by atoms with Crippen molar-refractivity contribution in [2.24, 2.45) is 0 Å². The molecule has 0 aliphatic heterocycles. The number of nitrogens with one attached hydrogen (secondary N) is 1. The predicted octanol–water partition coefficient (Wildman–Crippen LogP) is 4.61. The SMILES string of the molecule is Cc1ncc(CNC(C)c2ccc(Cl)cc2Cl)s1. The maximum absolute atomic E-state index is 6.18. The summed E-state index contributed by atoms with van der Waals surface area (Å²) in [6, 6.07) is 5.77. The molecule has 2 aromatic rings. The maximum atomic E-state index is 6.18. The van der Waals surface area contributed by atoms with E-state index in [0.717, 1.165) is 17.1 Å². The molecular weight excluding hydrogens is 287 g/mol. The van der Waals surface area contributed by atoms with Crippen LogP contribution in [0.1, 0.15) is 28.4 Å². The number of thiazole rings is 1. The standard InChI is InChI=1S/C13H14Cl2N2S/c1-8(12-4-3-10(14)5-13(12)15)16-6-11-7-17-9(2)18-11/h3-5,7-8,16H,6H2,1-2H3. The van der Waals surface area contributed by atoms with Gasteiger partial charge in [-0.2, -0.15) is 0 Å². The van der Waals surface area contributed by atoms with Crippen LogP contribution < -0.4 is 5.32 Å². The zero-order chi connectivity index (χ0) is 13.1. The molecule has 1 N–H and O–H groups in total. The number of hydrogen-bond donors (Lipinski definition) is 1. The molecule has 0 aliphatic rings. The van der Waals surface area contributed by atoms with Crippen LogP contribution in [0.2, 0.25) is 10.0 Å². The molecule has 0 amide bonds. The Hall–Kier alpha value is -0.610. The number of halogens is 2. The molecule has 96 valence electrons. The van der Waals surface area contributed by atoms with Gasteiger partial charge in [0, 0.05) is 33.7 Å². The monoisotopic (exact) mass is 300 g/mol. The van der Waals surface area contributed by atoms with Crippen molar-refractivity contribution in [2.75, 3.05) is 0 Å². The summed E-state index contributed by atoms with van der Waals surface area (Å²) in [5, 5.41) is 5.88. The van der Waals surface area contributed by atoms with Crippen molar-refractivity contribution in [3.63, 3.8) is 0 Å². The molecule has 1 heterocycles. The van der Waals surface area contributed by atoms with Gasteiger partial charge in [-0.15, -0.1) is 11.3 Å². The largest absolute Gasteiger partial charge is 0.305 e. The minimum atomic E-state index is 0.178. The number of benzene rings is 1. The number of aryl methyl sites for hydroxylation is 1. The smallest absolute Gasteiger partial charge is 0.0897 e. The highest BCUT2D eigenvalue weighted by Gasteiger charge is 2.10. The topological polar surface area (TPSA) is 24.9 Å². The Morgan fingerprint density at radius 2 is 2.17 bits per heavy atom. The second-order valence-electron chi connectivity index (χ2n) is 4.11. The van der Waals surface area contributed by atoms with Crippen molar-refractivity contribution in [1.29, 1.82) is 0 Å². The highest BCUT2D eigenvalue weighted by atomic mass is 35.5. The van der Waals surface area contributed by atoms with E-state index < -0.39 is 0 Å². The highest BCUT2D eigenvalue weighted by molar-refractivity contribution is 7.11. The Balaban J connectivity index is 2.01. The van der Waals surface area contributed by atoms with Gasteiger partial charge in [-0.3, -0.25) is 0 Å². The fourth-order valence-corrected chi connectivity index (χ4v) is 3.02. The first kappa shape index (κ1) is 13.8. The van der Waals surface area contributed by atoms with E-state index >= 15 is 0 Å². The summed E-state index contributed by atoms with van der Waals surface area (Å²) in [5.74, 6) is 0. The summed E-state index contributed by atoms with van der Waals surface area (Å²) in [5.41, 5.74) is 1.06. The lowest BCUT2D eigenvalue weighted by Crippen LogP contribution is -2.17. The zero-order valence-electron chi connectivity index (χ0n) is 10.2. The van der Waals surface area contributed by atoms with Crippen molar-refractivity contribution in [3.8, 4) is 0 Å². The van der Waals surface area contributed by atoms with Gasteiger partial charge < -0.3 is 5.32 Å². The molecule has 0 radical (unpaired) electrons. The van der Waals surface area contributed by atoms with Crippen LogP contribution in [-0.2, 0) is 6.54 Å². The Morgan fingerprint density at radius 3 is 2.78 bits per heavy atom. The van der Waals surface area contributed by atoms with Gasteiger partial charge >= 0.3 is 0 Å². The molecule has 1 aromatic heterocycles. The summed E-state index contributed by atoms with van der Waals surface area (Å²) < 4.78 is 0. The van der Waals surface area contributed by atoms with Gasteiger partial charge in [-0.25, -0.2) is 4.98 Å². The first-order chi connectivity index (χ1) is 8.56. The van der Waals surface area contributed by atoms with E-state index in [1.165, 1.54) is 4.88 Å². The second-order valence-corrected chi connectivity index (χ2v) is 6.28. The van der Waals surface area contributed by atoms with Crippen molar-refractivity contribution >= 4 is 34.5 Å². The van der Waals surface area contributed by atoms with Crippen LogP contribution in [0.3, 0.4) is 0 Å². The van der Waals surface area contributed by atoms with E-state index in [-0.39, 0.29) is 6.04 Å². The van der Waals surface area contributed by atoms with Gasteiger partial charge in [0.1, 0.15) is 0 Å². The van der Waals surface area contributed by atoms with E-state index in [9.17, 15) is 0 Å². The van der Waals surface area contributed by atoms with Crippen molar-refractivity contribution in [3.05, 3.63) is 49.9 Å². The van der Waals surface area contributed by atoms with Crippen molar-refractivity contribution < 1.29 is 0 Å². The van der Waals surface area contributed by atoms with Crippen LogP contribution in [0.25, 0.3) is 0 Å². The average Bonchev–Trinajstić information content (AvgIpc) is 2.72. The summed E-state index contributed by atoms with van der Waals surface area (Å²) >= 11 is 13.8. The number of nitrogens with zero attached hydrogens (tertiary/aromatic N) is 1. The lowest BCUT2D eigenvalue weighted by Gasteiger charge is -2.15. The fourth-order valence-electron chi connectivity index (χ4n) is 1.70. The molecule has 0 saturated heterocycles. The first-order valence-corrected chi connectivity index (χ1v) is 7.23. The first-order valence-electron chi connectivity index (χ1n) is 5.66. The van der Waals surface area contributed by atoms with Gasteiger partial charge in [0.05, 0.1) is 5.01 Å². The molecule has 1 atom stereocenters. The Bertz CT molecular complexity index is 540. The average molecular weight is 301 g/mol. The normalized spacial score (nSPS) is 12.7. The Labute approximate surface area is 121 Å². The molecule has 0 bridgehead atoms. The predicted molar refractivity (Wildman–Crippen MR) is 78.6 cm³/mol. The molecule has 0 fully saturated rings. The van der Waals surface area contributed by atoms with Gasteiger partial charge in [0.2, 0.25) is 0 Å². The molecule has 1 aromatic carbocycles. The minimum Gasteiger partial charge on any atom is -0.305 e. The van der Waals surface area contributed by atoms with Crippen LogP contribution >= 0.6 is 34.5 Å². The van der Waals surface area contributed by atoms with Crippen molar-refractivity contribution in [1.82, 2.24) is 10.3 Å². The van der Waals surface area contributed by atoms with Gasteiger partial charge in [-0.05, 0) is 31.5 Å². The second kappa shape index (κ2) is 6.02. The number of hydrogen-bond acceptors (Lipinski definition) is 3. The van der Waals surface area contributed by atoms with Crippen LogP contribution in [0.4, 0.5) is 0 Å². The van der Waals surface area contributed by atoms with Crippen LogP contribution in [0.15, 0.2) is 24.4 Å². The molecule has 18 heavy (non-hydrogen) atoms. The summed E-state index contributed by atoms with van der Waals surface area (Å²) in [6.07, 6.45) is 1.91. The molecular formula is C13H14Cl2N2S. The summed E-state index contributed by atoms with van der Waals surface area (Å²) in [7, 11) is 0. The lowest BCUT2D eigenvalue weighted by atomic mass is 10.1. The van der Waals surface area contributed by atoms with Crippen LogP contribution in [0, 0.1) is 6.92 Å². The summed E-state index contributed by atoms with van der Waals surface area (Å²) in [4.78, 5) is 5.46. The molecule has 2 nitrogen and oxygen atoms in total. The minimum absolute atomic E-state index is 0.178. The number of rotatable bonds is 4. The fraction of sp³-hybridized carbons (Fsp3) is 0.308. The third kappa shape index (κ3) is 3.45. The van der Waals surface area contributed by atoms with Gasteiger partial charge in [0.15, 0.2) is 0 Å². The van der Waals surface area contributed by atoms with Gasteiger partial charge in [-0.1, -0.05) is 29.3 Å². The Morgan fingerprint density at radius 1 is 1.39 bits per heavy atom. The van der Waals surface area contributed by atoms with E-state index in [1.807, 2.05) is 25.3 Å². The van der Waals surface area contributed by atoms with E-state index in [2.05, 4.69) is 17.2 Å². The third-order valence-electron chi connectivity index (χ3n) is 2.68. The van der Waals surface area contributed by atoms with E-state index in [4.69, 9.17) is 23.2 Å². The quantitative estimate of drug-likeness (QED) is 0.892. The third-order valence-corrected chi connectivity index (χ3v) is 4.16. The highest BCUT2D eigenvalue weighted by Crippen LogP contribution is 2.26. The maximum Gasteiger partial charge on any atom is 0.0897 e. The molecule has 2 rings (SSSR count). The van der Waals surface area contributed by atoms with Gasteiger partial charge in [0.25, 0.3) is 0 Å². The summed E-state index contributed by atoms with van der Waals surface area (Å²) in [6.45, 7) is 4.89.